The van der Waals surface area contributed by atoms with Crippen LogP contribution in [0.5, 0.6) is 0 Å². The van der Waals surface area contributed by atoms with Gasteiger partial charge in [0.2, 0.25) is 0 Å². The molecule has 3 N–H and O–H groups in total. The average molecular weight is 231 g/mol. The maximum atomic E-state index is 8.09. The number of aryl methyl sites for hydroxylation is 2. The van der Waals surface area contributed by atoms with Crippen molar-refractivity contribution in [1.82, 2.24) is 4.98 Å². The van der Waals surface area contributed by atoms with Gasteiger partial charge in [0.15, 0.2) is 0 Å². The molecule has 0 saturated heterocycles. The van der Waals surface area contributed by atoms with E-state index in [1.54, 1.807) is 6.07 Å². The average Bonchev–Trinajstić information content (AvgIpc) is 2.59. The third kappa shape index (κ3) is 1.84. The van der Waals surface area contributed by atoms with Crippen LogP contribution in [0.4, 0.5) is 5.69 Å². The molecule has 1 aromatic carbocycles. The van der Waals surface area contributed by atoms with Crippen LogP contribution in [0.25, 0.3) is 0 Å². The Labute approximate surface area is 98.5 Å². The summed E-state index contributed by atoms with van der Waals surface area (Å²) in [4.78, 5) is 5.51. The minimum absolute atomic E-state index is 0.402. The number of nitrogens with two attached hydrogens (primary N) is 1. The van der Waals surface area contributed by atoms with Gasteiger partial charge in [-0.2, -0.15) is 0 Å². The first-order valence-corrected chi connectivity index (χ1v) is 5.79. The molecule has 1 aromatic heterocycles. The van der Waals surface area contributed by atoms with E-state index in [2.05, 4.69) is 4.98 Å². The number of nitrogen functional groups attached to an aromatic ring is 1. The monoisotopic (exact) mass is 231 g/mol. The molecule has 2 rings (SSSR count). The van der Waals surface area contributed by atoms with Gasteiger partial charge in [0.05, 0.1) is 11.4 Å². The van der Waals surface area contributed by atoms with Crippen molar-refractivity contribution in [3.05, 3.63) is 45.4 Å². The van der Waals surface area contributed by atoms with Crippen molar-refractivity contribution >= 4 is 22.7 Å². The lowest BCUT2D eigenvalue weighted by Crippen LogP contribution is -2.04. The van der Waals surface area contributed by atoms with Crippen LogP contribution in [0.15, 0.2) is 24.3 Å². The normalized spacial score (nSPS) is 10.4. The molecule has 0 unspecified atom stereocenters. The second-order valence-electron chi connectivity index (χ2n) is 3.62. The summed E-state index contributed by atoms with van der Waals surface area (Å²) < 4.78 is 0. The van der Waals surface area contributed by atoms with Gasteiger partial charge in [0.25, 0.3) is 0 Å². The number of hydrogen-bond donors (Lipinski definition) is 2. The third-order valence-electron chi connectivity index (χ3n) is 2.47. The van der Waals surface area contributed by atoms with Gasteiger partial charge in [-0.3, -0.25) is 5.41 Å². The molecule has 0 aliphatic carbocycles. The Morgan fingerprint density at radius 1 is 1.31 bits per heavy atom. The highest BCUT2D eigenvalue weighted by Gasteiger charge is 2.12. The van der Waals surface area contributed by atoms with E-state index in [4.69, 9.17) is 11.1 Å². The number of aromatic nitrogens is 1. The van der Waals surface area contributed by atoms with Crippen LogP contribution in [-0.2, 0) is 0 Å². The summed E-state index contributed by atoms with van der Waals surface area (Å²) in [5.74, 6) is 0. The highest BCUT2D eigenvalue weighted by atomic mass is 32.1. The van der Waals surface area contributed by atoms with Crippen molar-refractivity contribution < 1.29 is 0 Å². The molecule has 0 bridgehead atoms. The van der Waals surface area contributed by atoms with Crippen LogP contribution in [-0.4, -0.2) is 10.7 Å². The molecule has 0 spiro atoms. The van der Waals surface area contributed by atoms with Gasteiger partial charge in [-0.1, -0.05) is 18.2 Å². The standard InChI is InChI=1S/C12H13N3S/c1-7-8(2)16-12(15-7)11(14)9-5-3-4-6-10(9)13/h3-6,14H,13H2,1-2H3. The molecule has 3 nitrogen and oxygen atoms in total. The second-order valence-corrected chi connectivity index (χ2v) is 4.83. The lowest BCUT2D eigenvalue weighted by Gasteiger charge is -2.03. The molecule has 0 aliphatic rings. The van der Waals surface area contributed by atoms with E-state index in [0.717, 1.165) is 21.1 Å². The van der Waals surface area contributed by atoms with E-state index in [-0.39, 0.29) is 0 Å². The van der Waals surface area contributed by atoms with Crippen LogP contribution < -0.4 is 5.73 Å². The predicted octanol–water partition coefficient (Wildman–Crippen LogP) is 2.76. The summed E-state index contributed by atoms with van der Waals surface area (Å²) in [6, 6.07) is 7.40. The molecule has 2 aromatic rings. The van der Waals surface area contributed by atoms with Crippen molar-refractivity contribution in [2.45, 2.75) is 13.8 Å². The van der Waals surface area contributed by atoms with Crippen molar-refractivity contribution in [2.75, 3.05) is 5.73 Å². The molecule has 16 heavy (non-hydrogen) atoms. The molecule has 0 atom stereocenters. The quantitative estimate of drug-likeness (QED) is 0.616. The fraction of sp³-hybridized carbons (Fsp3) is 0.167. The SMILES string of the molecule is Cc1nc(C(=N)c2ccccc2N)sc1C. The minimum Gasteiger partial charge on any atom is -0.398 e. The maximum absolute atomic E-state index is 8.09. The number of nitrogens with one attached hydrogen (secondary N) is 1. The maximum Gasteiger partial charge on any atom is 0.142 e. The predicted molar refractivity (Wildman–Crippen MR) is 68.4 cm³/mol. The zero-order valence-corrected chi connectivity index (χ0v) is 10.1. The Hall–Kier alpha value is -1.68. The Kier molecular flexibility index (Phi) is 2.75. The van der Waals surface area contributed by atoms with Gasteiger partial charge in [0.1, 0.15) is 5.01 Å². The van der Waals surface area contributed by atoms with Gasteiger partial charge >= 0.3 is 0 Å². The van der Waals surface area contributed by atoms with E-state index < -0.39 is 0 Å². The Bertz CT molecular complexity index is 523. The highest BCUT2D eigenvalue weighted by molar-refractivity contribution is 7.13. The summed E-state index contributed by atoms with van der Waals surface area (Å²) >= 11 is 1.53. The Morgan fingerprint density at radius 2 is 2.00 bits per heavy atom. The van der Waals surface area contributed by atoms with Crippen LogP contribution >= 0.6 is 11.3 Å². The molecule has 0 aliphatic heterocycles. The largest absolute Gasteiger partial charge is 0.398 e. The molecule has 82 valence electrons. The highest BCUT2D eigenvalue weighted by Crippen LogP contribution is 2.22. The van der Waals surface area contributed by atoms with Gasteiger partial charge in [-0.15, -0.1) is 11.3 Å². The number of rotatable bonds is 2. The first-order valence-electron chi connectivity index (χ1n) is 4.97. The van der Waals surface area contributed by atoms with Crippen LogP contribution in [0, 0.1) is 19.3 Å². The zero-order chi connectivity index (χ0) is 11.7. The van der Waals surface area contributed by atoms with E-state index in [9.17, 15) is 0 Å². The van der Waals surface area contributed by atoms with Crippen molar-refractivity contribution in [3.8, 4) is 0 Å². The molecule has 4 heteroatoms. The van der Waals surface area contributed by atoms with E-state index in [1.807, 2.05) is 32.0 Å². The molecular weight excluding hydrogens is 218 g/mol. The summed E-state index contributed by atoms with van der Waals surface area (Å²) in [5.41, 5.74) is 8.60. The molecule has 0 saturated carbocycles. The van der Waals surface area contributed by atoms with Gasteiger partial charge in [-0.05, 0) is 19.9 Å². The summed E-state index contributed by atoms with van der Waals surface area (Å²) in [6.45, 7) is 3.97. The number of anilines is 1. The number of thiazole rings is 1. The van der Waals surface area contributed by atoms with Gasteiger partial charge in [0, 0.05) is 16.1 Å². The van der Waals surface area contributed by atoms with Gasteiger partial charge in [-0.25, -0.2) is 4.98 Å². The first kappa shape index (κ1) is 10.8. The van der Waals surface area contributed by atoms with E-state index in [0.29, 0.717) is 11.4 Å². The molecule has 0 fully saturated rings. The van der Waals surface area contributed by atoms with Gasteiger partial charge < -0.3 is 5.73 Å². The summed E-state index contributed by atoms with van der Waals surface area (Å²) in [5, 5.41) is 8.82. The second kappa shape index (κ2) is 4.06. The minimum atomic E-state index is 0.402. The lowest BCUT2D eigenvalue weighted by atomic mass is 10.1. The summed E-state index contributed by atoms with van der Waals surface area (Å²) in [6.07, 6.45) is 0. The molecular formula is C12H13N3S. The third-order valence-corrected chi connectivity index (χ3v) is 3.56. The first-order chi connectivity index (χ1) is 7.59. The summed E-state index contributed by atoms with van der Waals surface area (Å²) in [7, 11) is 0. The van der Waals surface area contributed by atoms with E-state index in [1.165, 1.54) is 11.3 Å². The smallest absolute Gasteiger partial charge is 0.142 e. The Morgan fingerprint density at radius 3 is 2.56 bits per heavy atom. The fourth-order valence-corrected chi connectivity index (χ4v) is 2.30. The van der Waals surface area contributed by atoms with Crippen molar-refractivity contribution in [1.29, 1.82) is 5.41 Å². The van der Waals surface area contributed by atoms with E-state index >= 15 is 0 Å². The number of para-hydroxylation sites is 1. The van der Waals surface area contributed by atoms with Crippen LogP contribution in [0.2, 0.25) is 0 Å². The number of nitrogens with zero attached hydrogens (tertiary/aromatic N) is 1. The molecule has 1 heterocycles. The number of hydrogen-bond acceptors (Lipinski definition) is 4. The van der Waals surface area contributed by atoms with Crippen LogP contribution in [0.1, 0.15) is 21.1 Å². The van der Waals surface area contributed by atoms with Crippen molar-refractivity contribution in [2.24, 2.45) is 0 Å². The zero-order valence-electron chi connectivity index (χ0n) is 9.24. The topological polar surface area (TPSA) is 62.8 Å². The lowest BCUT2D eigenvalue weighted by molar-refractivity contribution is 1.21. The fourth-order valence-electron chi connectivity index (χ4n) is 1.42. The number of benzene rings is 1. The van der Waals surface area contributed by atoms with Crippen LogP contribution in [0.3, 0.4) is 0 Å². The molecule has 0 radical (unpaired) electrons. The van der Waals surface area contributed by atoms with Crippen molar-refractivity contribution in [3.63, 3.8) is 0 Å². The Balaban J connectivity index is 2.43. The molecule has 0 amide bonds.